The number of hydrogen-bond donors (Lipinski definition) is 2. The van der Waals surface area contributed by atoms with Gasteiger partial charge in [-0.25, -0.2) is 0 Å². The van der Waals surface area contributed by atoms with Crippen molar-refractivity contribution < 1.29 is 9.90 Å². The predicted octanol–water partition coefficient (Wildman–Crippen LogP) is 3.75. The van der Waals surface area contributed by atoms with Crippen molar-refractivity contribution in [3.8, 4) is 11.3 Å². The van der Waals surface area contributed by atoms with Gasteiger partial charge in [0, 0.05) is 18.4 Å². The molecule has 3 aromatic rings. The van der Waals surface area contributed by atoms with Crippen LogP contribution in [0.1, 0.15) is 21.6 Å². The number of rotatable bonds is 4. The molecule has 2 N–H and O–H groups in total. The average molecular weight is 320 g/mol. The molecule has 0 saturated carbocycles. The third-order valence-corrected chi connectivity index (χ3v) is 4.16. The minimum absolute atomic E-state index is 0.0501. The molecule has 0 aliphatic heterocycles. The van der Waals surface area contributed by atoms with Gasteiger partial charge in [-0.15, -0.1) is 0 Å². The van der Waals surface area contributed by atoms with Crippen LogP contribution in [0.2, 0.25) is 0 Å². The highest BCUT2D eigenvalue weighted by atomic mass is 16.3. The maximum atomic E-state index is 12.6. The number of anilines is 1. The van der Waals surface area contributed by atoms with Crippen molar-refractivity contribution in [1.82, 2.24) is 4.57 Å². The number of nitrogens with zero attached hydrogens (tertiary/aromatic N) is 1. The van der Waals surface area contributed by atoms with Crippen LogP contribution in [0.5, 0.6) is 0 Å². The van der Waals surface area contributed by atoms with Crippen LogP contribution < -0.4 is 5.32 Å². The summed E-state index contributed by atoms with van der Waals surface area (Å²) < 4.78 is 1.88. The van der Waals surface area contributed by atoms with Crippen LogP contribution in [-0.4, -0.2) is 15.6 Å². The van der Waals surface area contributed by atoms with E-state index in [1.54, 1.807) is 6.07 Å². The second kappa shape index (κ2) is 6.72. The number of hydrogen-bond acceptors (Lipinski definition) is 2. The first-order chi connectivity index (χ1) is 11.6. The summed E-state index contributed by atoms with van der Waals surface area (Å²) >= 11 is 0. The van der Waals surface area contributed by atoms with E-state index in [4.69, 9.17) is 0 Å². The molecule has 4 nitrogen and oxygen atoms in total. The number of aromatic nitrogens is 1. The van der Waals surface area contributed by atoms with E-state index in [0.29, 0.717) is 11.4 Å². The van der Waals surface area contributed by atoms with Gasteiger partial charge in [0.1, 0.15) is 5.69 Å². The summed E-state index contributed by atoms with van der Waals surface area (Å²) in [5, 5.41) is 12.2. The van der Waals surface area contributed by atoms with Crippen LogP contribution in [0.4, 0.5) is 5.69 Å². The Kier molecular flexibility index (Phi) is 4.49. The molecule has 1 amide bonds. The fourth-order valence-electron chi connectivity index (χ4n) is 2.73. The molecule has 0 bridgehead atoms. The molecule has 0 aliphatic rings. The van der Waals surface area contributed by atoms with Crippen LogP contribution >= 0.6 is 0 Å². The molecule has 0 spiro atoms. The van der Waals surface area contributed by atoms with Crippen molar-refractivity contribution in [2.75, 3.05) is 5.32 Å². The van der Waals surface area contributed by atoms with Crippen LogP contribution in [0.15, 0.2) is 60.7 Å². The number of amides is 1. The normalized spacial score (nSPS) is 10.6. The molecule has 122 valence electrons. The molecule has 0 aliphatic carbocycles. The summed E-state index contributed by atoms with van der Waals surface area (Å²) in [7, 11) is 1.88. The minimum atomic E-state index is -0.169. The fourth-order valence-corrected chi connectivity index (χ4v) is 2.73. The SMILES string of the molecule is Cc1ccc(CO)cc1NC(=O)c1ccc(-c2ccccc2)n1C. The average Bonchev–Trinajstić information content (AvgIpc) is 2.99. The van der Waals surface area contributed by atoms with Gasteiger partial charge < -0.3 is 15.0 Å². The first kappa shape index (κ1) is 16.0. The van der Waals surface area contributed by atoms with Crippen molar-refractivity contribution in [3.05, 3.63) is 77.5 Å². The molecule has 3 rings (SSSR count). The lowest BCUT2D eigenvalue weighted by molar-refractivity contribution is 0.101. The van der Waals surface area contributed by atoms with Gasteiger partial charge in [-0.05, 0) is 41.8 Å². The number of nitrogens with one attached hydrogen (secondary N) is 1. The number of carbonyl (C=O) groups is 1. The zero-order valence-corrected chi connectivity index (χ0v) is 13.8. The summed E-state index contributed by atoms with van der Waals surface area (Å²) in [6.07, 6.45) is 0. The van der Waals surface area contributed by atoms with E-state index >= 15 is 0 Å². The molecule has 24 heavy (non-hydrogen) atoms. The summed E-state index contributed by atoms with van der Waals surface area (Å²) in [6.45, 7) is 1.88. The number of aryl methyl sites for hydroxylation is 1. The molecule has 1 heterocycles. The molecular weight excluding hydrogens is 300 g/mol. The van der Waals surface area contributed by atoms with Crippen molar-refractivity contribution in [2.45, 2.75) is 13.5 Å². The van der Waals surface area contributed by atoms with Gasteiger partial charge in [-0.2, -0.15) is 0 Å². The number of aliphatic hydroxyl groups excluding tert-OH is 1. The molecule has 1 aromatic heterocycles. The van der Waals surface area contributed by atoms with Gasteiger partial charge in [0.25, 0.3) is 5.91 Å². The number of aliphatic hydroxyl groups is 1. The second-order valence-corrected chi connectivity index (χ2v) is 5.79. The Morgan fingerprint density at radius 3 is 2.54 bits per heavy atom. The Morgan fingerprint density at radius 1 is 1.08 bits per heavy atom. The molecule has 4 heteroatoms. The van der Waals surface area contributed by atoms with E-state index in [1.165, 1.54) is 0 Å². The second-order valence-electron chi connectivity index (χ2n) is 5.79. The standard InChI is InChI=1S/C20H20N2O2/c1-14-8-9-15(13-23)12-17(14)21-20(24)19-11-10-18(22(19)2)16-6-4-3-5-7-16/h3-12,23H,13H2,1-2H3,(H,21,24). The molecule has 0 unspecified atom stereocenters. The lowest BCUT2D eigenvalue weighted by Crippen LogP contribution is -2.16. The highest BCUT2D eigenvalue weighted by Crippen LogP contribution is 2.23. The Bertz CT molecular complexity index is 867. The van der Waals surface area contributed by atoms with Crippen molar-refractivity contribution in [2.24, 2.45) is 7.05 Å². The topological polar surface area (TPSA) is 54.3 Å². The summed E-state index contributed by atoms with van der Waals surface area (Å²) in [5.74, 6) is -0.169. The van der Waals surface area contributed by atoms with Crippen molar-refractivity contribution >= 4 is 11.6 Å². The van der Waals surface area contributed by atoms with Crippen LogP contribution in [-0.2, 0) is 13.7 Å². The monoisotopic (exact) mass is 320 g/mol. The molecule has 0 fully saturated rings. The molecule has 0 radical (unpaired) electrons. The van der Waals surface area contributed by atoms with Crippen LogP contribution in [0, 0.1) is 6.92 Å². The third kappa shape index (κ3) is 3.09. The first-order valence-corrected chi connectivity index (χ1v) is 7.83. The maximum absolute atomic E-state index is 12.6. The summed E-state index contributed by atoms with van der Waals surface area (Å²) in [5.41, 5.74) is 5.08. The summed E-state index contributed by atoms with van der Waals surface area (Å²) in [4.78, 5) is 12.6. The highest BCUT2D eigenvalue weighted by Gasteiger charge is 2.14. The zero-order chi connectivity index (χ0) is 17.1. The smallest absolute Gasteiger partial charge is 0.272 e. The lowest BCUT2D eigenvalue weighted by atomic mass is 10.1. The van der Waals surface area contributed by atoms with E-state index in [0.717, 1.165) is 22.4 Å². The molecule has 0 saturated heterocycles. The van der Waals surface area contributed by atoms with E-state index in [1.807, 2.05) is 73.1 Å². The Morgan fingerprint density at radius 2 is 1.83 bits per heavy atom. The molecule has 2 aromatic carbocycles. The van der Waals surface area contributed by atoms with E-state index in [9.17, 15) is 9.90 Å². The van der Waals surface area contributed by atoms with Crippen LogP contribution in [0.25, 0.3) is 11.3 Å². The molecule has 0 atom stereocenters. The Balaban J connectivity index is 1.88. The summed E-state index contributed by atoms with van der Waals surface area (Å²) in [6, 6.07) is 19.3. The maximum Gasteiger partial charge on any atom is 0.272 e. The van der Waals surface area contributed by atoms with Gasteiger partial charge in [0.15, 0.2) is 0 Å². The highest BCUT2D eigenvalue weighted by molar-refractivity contribution is 6.04. The van der Waals surface area contributed by atoms with Gasteiger partial charge >= 0.3 is 0 Å². The van der Waals surface area contributed by atoms with Crippen molar-refractivity contribution in [1.29, 1.82) is 0 Å². The third-order valence-electron chi connectivity index (χ3n) is 4.16. The first-order valence-electron chi connectivity index (χ1n) is 7.83. The number of carbonyl (C=O) groups excluding carboxylic acids is 1. The van der Waals surface area contributed by atoms with Gasteiger partial charge in [0.2, 0.25) is 0 Å². The van der Waals surface area contributed by atoms with Gasteiger partial charge in [-0.1, -0.05) is 42.5 Å². The lowest BCUT2D eigenvalue weighted by Gasteiger charge is -2.11. The Hall–Kier alpha value is -2.85. The van der Waals surface area contributed by atoms with E-state index in [2.05, 4.69) is 5.32 Å². The van der Waals surface area contributed by atoms with E-state index in [-0.39, 0.29) is 12.5 Å². The van der Waals surface area contributed by atoms with Crippen molar-refractivity contribution in [3.63, 3.8) is 0 Å². The minimum Gasteiger partial charge on any atom is -0.392 e. The number of benzene rings is 2. The largest absolute Gasteiger partial charge is 0.392 e. The van der Waals surface area contributed by atoms with Gasteiger partial charge in [-0.3, -0.25) is 4.79 Å². The van der Waals surface area contributed by atoms with Crippen LogP contribution in [0.3, 0.4) is 0 Å². The van der Waals surface area contributed by atoms with E-state index < -0.39 is 0 Å². The zero-order valence-electron chi connectivity index (χ0n) is 13.8. The Labute approximate surface area is 141 Å². The molecular formula is C20H20N2O2. The van der Waals surface area contributed by atoms with Gasteiger partial charge in [0.05, 0.1) is 6.61 Å². The fraction of sp³-hybridized carbons (Fsp3) is 0.150. The quantitative estimate of drug-likeness (QED) is 0.769. The predicted molar refractivity (Wildman–Crippen MR) is 95.9 cm³/mol.